The van der Waals surface area contributed by atoms with Crippen LogP contribution in [-0.4, -0.2) is 54.4 Å². The second kappa shape index (κ2) is 5.52. The average molecular weight is 294 g/mol. The summed E-state index contributed by atoms with van der Waals surface area (Å²) >= 11 is 0. The molecule has 1 saturated heterocycles. The molecule has 2 aliphatic rings. The van der Waals surface area contributed by atoms with Crippen molar-refractivity contribution in [1.29, 1.82) is 0 Å². The highest BCUT2D eigenvalue weighted by Gasteiger charge is 2.52. The van der Waals surface area contributed by atoms with Crippen LogP contribution in [0.1, 0.15) is 25.7 Å². The Labute approximate surface area is 116 Å². The van der Waals surface area contributed by atoms with Gasteiger partial charge in [0.1, 0.15) is 0 Å². The zero-order valence-corrected chi connectivity index (χ0v) is 11.5. The van der Waals surface area contributed by atoms with Crippen molar-refractivity contribution in [2.45, 2.75) is 37.4 Å². The minimum Gasteiger partial charge on any atom is -0.394 e. The van der Waals surface area contributed by atoms with E-state index in [2.05, 4.69) is 5.32 Å². The molecule has 1 aliphatic carbocycles. The lowest BCUT2D eigenvalue weighted by atomic mass is 9.91. The Kier molecular flexibility index (Phi) is 4.30. The van der Waals surface area contributed by atoms with E-state index in [9.17, 15) is 23.1 Å². The van der Waals surface area contributed by atoms with Crippen molar-refractivity contribution in [3.63, 3.8) is 0 Å². The zero-order chi connectivity index (χ0) is 15.0. The molecule has 0 radical (unpaired) electrons. The molecule has 0 aromatic heterocycles. The van der Waals surface area contributed by atoms with Crippen LogP contribution in [0.4, 0.5) is 13.2 Å². The fourth-order valence-corrected chi connectivity index (χ4v) is 3.33. The number of nitrogens with zero attached hydrogens (tertiary/aromatic N) is 1. The topological polar surface area (TPSA) is 52.6 Å². The molecule has 2 fully saturated rings. The van der Waals surface area contributed by atoms with Crippen LogP contribution in [-0.2, 0) is 4.79 Å². The van der Waals surface area contributed by atoms with Gasteiger partial charge in [0.2, 0.25) is 5.91 Å². The number of aliphatic hydroxyl groups excluding tert-OH is 1. The Hall–Kier alpha value is -0.820. The first kappa shape index (κ1) is 15.6. The lowest BCUT2D eigenvalue weighted by molar-refractivity contribution is -0.183. The van der Waals surface area contributed by atoms with E-state index in [1.807, 2.05) is 0 Å². The maximum atomic E-state index is 13.0. The Balaban J connectivity index is 2.07. The smallest absolute Gasteiger partial charge is 0.393 e. The normalized spacial score (nSPS) is 30.6. The van der Waals surface area contributed by atoms with Crippen molar-refractivity contribution in [3.8, 4) is 0 Å². The van der Waals surface area contributed by atoms with Crippen LogP contribution in [0.3, 0.4) is 0 Å². The monoisotopic (exact) mass is 294 g/mol. The molecule has 4 nitrogen and oxygen atoms in total. The Bertz CT molecular complexity index is 367. The number of carbonyl (C=O) groups is 1. The van der Waals surface area contributed by atoms with E-state index in [1.165, 1.54) is 4.90 Å². The second-order valence-corrected chi connectivity index (χ2v) is 6.11. The number of aliphatic hydroxyl groups is 1. The van der Waals surface area contributed by atoms with E-state index in [0.717, 1.165) is 12.8 Å². The summed E-state index contributed by atoms with van der Waals surface area (Å²) < 4.78 is 38.9. The van der Waals surface area contributed by atoms with Gasteiger partial charge in [0.25, 0.3) is 0 Å². The van der Waals surface area contributed by atoms with Crippen LogP contribution in [0.2, 0.25) is 0 Å². The molecular weight excluding hydrogens is 273 g/mol. The molecular formula is C13H21F3N2O2. The molecule has 2 rings (SSSR count). The molecule has 1 heterocycles. The standard InChI is InChI=1S/C13H21F3N2O2/c1-18-6-9(10(7-18)13(14,15)16)11(20)17-12(8-19)4-2-3-5-12/h9-10,19H,2-8H2,1H3,(H,17,20)/t9-,10-/m1/s1. The van der Waals surface area contributed by atoms with Crippen molar-refractivity contribution in [1.82, 2.24) is 10.2 Å². The third-order valence-corrected chi connectivity index (χ3v) is 4.51. The molecule has 1 amide bonds. The number of hydrogen-bond acceptors (Lipinski definition) is 3. The molecule has 2 atom stereocenters. The predicted octanol–water partition coefficient (Wildman–Crippen LogP) is 1.15. The van der Waals surface area contributed by atoms with Gasteiger partial charge in [-0.15, -0.1) is 0 Å². The summed E-state index contributed by atoms with van der Waals surface area (Å²) in [7, 11) is 1.59. The second-order valence-electron chi connectivity index (χ2n) is 6.11. The van der Waals surface area contributed by atoms with Crippen molar-refractivity contribution in [3.05, 3.63) is 0 Å². The van der Waals surface area contributed by atoms with Crippen LogP contribution in [0.5, 0.6) is 0 Å². The Morgan fingerprint density at radius 2 is 1.95 bits per heavy atom. The maximum Gasteiger partial charge on any atom is 0.393 e. The average Bonchev–Trinajstić information content (AvgIpc) is 2.95. The summed E-state index contributed by atoms with van der Waals surface area (Å²) in [6.45, 7) is -0.247. The van der Waals surface area contributed by atoms with E-state index in [1.54, 1.807) is 7.05 Å². The van der Waals surface area contributed by atoms with Gasteiger partial charge in [-0.05, 0) is 19.9 Å². The third-order valence-electron chi connectivity index (χ3n) is 4.51. The SMILES string of the molecule is CN1C[C@@H](C(F)(F)F)[C@H](C(=O)NC2(CO)CCCC2)C1. The number of halogens is 3. The molecule has 1 saturated carbocycles. The quantitative estimate of drug-likeness (QED) is 0.821. The van der Waals surface area contributed by atoms with Gasteiger partial charge in [0.15, 0.2) is 0 Å². The highest BCUT2D eigenvalue weighted by Crippen LogP contribution is 2.38. The van der Waals surface area contributed by atoms with Gasteiger partial charge >= 0.3 is 6.18 Å². The van der Waals surface area contributed by atoms with Crippen LogP contribution in [0, 0.1) is 11.8 Å². The molecule has 116 valence electrons. The predicted molar refractivity (Wildman–Crippen MR) is 67.0 cm³/mol. The van der Waals surface area contributed by atoms with Gasteiger partial charge in [-0.25, -0.2) is 0 Å². The van der Waals surface area contributed by atoms with Crippen molar-refractivity contribution in [2.24, 2.45) is 11.8 Å². The molecule has 0 bridgehead atoms. The lowest BCUT2D eigenvalue weighted by Crippen LogP contribution is -2.53. The van der Waals surface area contributed by atoms with Crippen molar-refractivity contribution >= 4 is 5.91 Å². The summed E-state index contributed by atoms with van der Waals surface area (Å²) in [6, 6.07) is 0. The number of amides is 1. The van der Waals surface area contributed by atoms with Crippen LogP contribution >= 0.6 is 0 Å². The first-order valence-corrected chi connectivity index (χ1v) is 6.95. The molecule has 20 heavy (non-hydrogen) atoms. The first-order valence-electron chi connectivity index (χ1n) is 6.95. The molecule has 1 aliphatic heterocycles. The van der Waals surface area contributed by atoms with Gasteiger partial charge < -0.3 is 15.3 Å². The number of hydrogen-bond donors (Lipinski definition) is 2. The Morgan fingerprint density at radius 1 is 1.35 bits per heavy atom. The maximum absolute atomic E-state index is 13.0. The molecule has 0 aromatic rings. The largest absolute Gasteiger partial charge is 0.394 e. The number of likely N-dealkylation sites (tertiary alicyclic amines) is 1. The van der Waals surface area contributed by atoms with Gasteiger partial charge in [0.05, 0.1) is 24.0 Å². The van der Waals surface area contributed by atoms with E-state index in [-0.39, 0.29) is 19.7 Å². The summed E-state index contributed by atoms with van der Waals surface area (Å²) in [5.41, 5.74) is -0.714. The van der Waals surface area contributed by atoms with Crippen molar-refractivity contribution in [2.75, 3.05) is 26.7 Å². The van der Waals surface area contributed by atoms with E-state index >= 15 is 0 Å². The van der Waals surface area contributed by atoms with E-state index < -0.39 is 29.5 Å². The van der Waals surface area contributed by atoms with E-state index in [4.69, 9.17) is 0 Å². The van der Waals surface area contributed by atoms with E-state index in [0.29, 0.717) is 12.8 Å². The van der Waals surface area contributed by atoms with Crippen LogP contribution in [0.15, 0.2) is 0 Å². The van der Waals surface area contributed by atoms with Gasteiger partial charge in [-0.2, -0.15) is 13.2 Å². The van der Waals surface area contributed by atoms with Crippen molar-refractivity contribution < 1.29 is 23.1 Å². The summed E-state index contributed by atoms with van der Waals surface area (Å²) in [5, 5.41) is 12.1. The molecule has 2 N–H and O–H groups in total. The summed E-state index contributed by atoms with van der Waals surface area (Å²) in [5.74, 6) is -3.28. The first-order chi connectivity index (χ1) is 9.27. The molecule has 0 aromatic carbocycles. The number of alkyl halides is 3. The van der Waals surface area contributed by atoms with Gasteiger partial charge in [0, 0.05) is 13.1 Å². The fraction of sp³-hybridized carbons (Fsp3) is 0.923. The highest BCUT2D eigenvalue weighted by atomic mass is 19.4. The fourth-order valence-electron chi connectivity index (χ4n) is 3.33. The lowest BCUT2D eigenvalue weighted by Gasteiger charge is -2.31. The number of carbonyl (C=O) groups excluding carboxylic acids is 1. The minimum absolute atomic E-state index is 0.109. The summed E-state index contributed by atoms with van der Waals surface area (Å²) in [6.07, 6.45) is -1.33. The summed E-state index contributed by atoms with van der Waals surface area (Å²) in [4.78, 5) is 13.7. The van der Waals surface area contributed by atoms with Crippen LogP contribution in [0.25, 0.3) is 0 Å². The van der Waals surface area contributed by atoms with Gasteiger partial charge in [-0.1, -0.05) is 12.8 Å². The number of nitrogens with one attached hydrogen (secondary N) is 1. The highest BCUT2D eigenvalue weighted by molar-refractivity contribution is 5.80. The Morgan fingerprint density at radius 3 is 2.45 bits per heavy atom. The molecule has 0 spiro atoms. The number of rotatable bonds is 3. The van der Waals surface area contributed by atoms with Crippen LogP contribution < -0.4 is 5.32 Å². The molecule has 7 heteroatoms. The minimum atomic E-state index is -4.37. The third kappa shape index (κ3) is 3.09. The van der Waals surface area contributed by atoms with Gasteiger partial charge in [-0.3, -0.25) is 4.79 Å². The molecule has 0 unspecified atom stereocenters. The zero-order valence-electron chi connectivity index (χ0n) is 11.5.